The Morgan fingerprint density at radius 2 is 1.82 bits per heavy atom. The number of nitrogens with zero attached hydrogens (tertiary/aromatic N) is 4. The third-order valence-corrected chi connectivity index (χ3v) is 6.93. The molecule has 6 nitrogen and oxygen atoms in total. The van der Waals surface area contributed by atoms with Gasteiger partial charge in [0.25, 0.3) is 0 Å². The Bertz CT molecular complexity index is 1130. The van der Waals surface area contributed by atoms with Gasteiger partial charge in [0.15, 0.2) is 0 Å². The number of ketones is 1. The van der Waals surface area contributed by atoms with Gasteiger partial charge in [-0.15, -0.1) is 0 Å². The summed E-state index contributed by atoms with van der Waals surface area (Å²) in [5.41, 5.74) is 8.90. The van der Waals surface area contributed by atoms with Crippen LogP contribution in [-0.4, -0.2) is 41.0 Å². The van der Waals surface area contributed by atoms with Crippen LogP contribution >= 0.6 is 0 Å². The Morgan fingerprint density at radius 1 is 1.12 bits per heavy atom. The maximum Gasteiger partial charge on any atom is 0.132 e. The molecule has 1 N–H and O–H groups in total. The van der Waals surface area contributed by atoms with E-state index in [2.05, 4.69) is 105 Å². The minimum atomic E-state index is 0.289. The average Bonchev–Trinajstić information content (AvgIpc) is 2.89. The van der Waals surface area contributed by atoms with E-state index in [-0.39, 0.29) is 5.78 Å². The first-order valence-electron chi connectivity index (χ1n) is 15.4. The Hall–Kier alpha value is -2.73. The zero-order chi connectivity index (χ0) is 30.1. The Kier molecular flexibility index (Phi) is 17.1. The van der Waals surface area contributed by atoms with Crippen molar-refractivity contribution in [2.24, 2.45) is 12.0 Å². The van der Waals surface area contributed by atoms with Crippen molar-refractivity contribution >= 4 is 11.5 Å². The number of pyridine rings is 2. The number of anilines is 1. The first-order valence-corrected chi connectivity index (χ1v) is 15.4. The molecular formula is C34H57N5O. The van der Waals surface area contributed by atoms with Crippen molar-refractivity contribution in [3.63, 3.8) is 0 Å². The summed E-state index contributed by atoms with van der Waals surface area (Å²) in [6.45, 7) is 22.1. The molecule has 0 bridgehead atoms. The van der Waals surface area contributed by atoms with Crippen LogP contribution in [0, 0.1) is 13.8 Å². The zero-order valence-electron chi connectivity index (χ0n) is 27.2. The predicted octanol–water partition coefficient (Wildman–Crippen LogP) is 7.02. The number of allylic oxidation sites excluding steroid dienone is 2. The first kappa shape index (κ1) is 35.3. The summed E-state index contributed by atoms with van der Waals surface area (Å²) in [6.07, 6.45) is 13.7. The van der Waals surface area contributed by atoms with Gasteiger partial charge in [0.1, 0.15) is 11.3 Å². The van der Waals surface area contributed by atoms with Gasteiger partial charge >= 0.3 is 0 Å². The molecule has 1 fully saturated rings. The molecule has 0 saturated carbocycles. The van der Waals surface area contributed by atoms with Gasteiger partial charge in [-0.05, 0) is 89.1 Å². The van der Waals surface area contributed by atoms with Crippen LogP contribution in [0.2, 0.25) is 0 Å². The van der Waals surface area contributed by atoms with Gasteiger partial charge in [-0.1, -0.05) is 46.6 Å². The van der Waals surface area contributed by atoms with E-state index < -0.39 is 0 Å². The smallest absolute Gasteiger partial charge is 0.132 e. The molecule has 1 aliphatic heterocycles. The highest BCUT2D eigenvalue weighted by Gasteiger charge is 2.19. The fraction of sp³-hybridized carbons (Fsp3) is 0.618. The molecule has 0 amide bonds. The SMILES string of the molecule is CC/C=C(\C)N=c1cc(C)c(CCC)cn1C.CCCC(C)=O.CCCc1c(N2CCNC(C)C2)ccnc1C. The van der Waals surface area contributed by atoms with E-state index >= 15 is 0 Å². The molecule has 2 aromatic heterocycles. The molecule has 1 atom stereocenters. The van der Waals surface area contributed by atoms with Crippen LogP contribution in [0.5, 0.6) is 0 Å². The van der Waals surface area contributed by atoms with Crippen LogP contribution in [0.1, 0.15) is 103 Å². The summed E-state index contributed by atoms with van der Waals surface area (Å²) in [4.78, 5) is 21.6. The van der Waals surface area contributed by atoms with Crippen LogP contribution in [-0.2, 0) is 24.7 Å². The topological polar surface area (TPSA) is 62.5 Å². The molecule has 40 heavy (non-hydrogen) atoms. The number of aromatic nitrogens is 2. The number of piperazine rings is 1. The number of hydrogen-bond donors (Lipinski definition) is 1. The molecule has 1 aliphatic rings. The van der Waals surface area contributed by atoms with Crippen molar-refractivity contribution in [3.05, 3.63) is 64.2 Å². The second kappa shape index (κ2) is 19.4. The Balaban J connectivity index is 0.000000334. The highest BCUT2D eigenvalue weighted by molar-refractivity contribution is 5.75. The number of carbonyl (C=O) groups excluding carboxylic acids is 1. The third kappa shape index (κ3) is 12.6. The van der Waals surface area contributed by atoms with Gasteiger partial charge in [-0.2, -0.15) is 0 Å². The van der Waals surface area contributed by atoms with Gasteiger partial charge in [0.2, 0.25) is 0 Å². The fourth-order valence-electron chi connectivity index (χ4n) is 4.90. The molecular weight excluding hydrogens is 494 g/mol. The lowest BCUT2D eigenvalue weighted by atomic mass is 10.0. The second-order valence-electron chi connectivity index (χ2n) is 11.0. The number of rotatable bonds is 9. The van der Waals surface area contributed by atoms with Gasteiger partial charge in [0, 0.05) is 68.6 Å². The molecule has 2 aromatic rings. The molecule has 0 spiro atoms. The van der Waals surface area contributed by atoms with Crippen LogP contribution in [0.3, 0.4) is 0 Å². The van der Waals surface area contributed by atoms with Crippen LogP contribution in [0.4, 0.5) is 5.69 Å². The van der Waals surface area contributed by atoms with Crippen molar-refractivity contribution in [2.45, 2.75) is 113 Å². The van der Waals surface area contributed by atoms with Gasteiger partial charge in [-0.25, -0.2) is 4.99 Å². The van der Waals surface area contributed by atoms with E-state index in [1.54, 1.807) is 6.92 Å². The molecule has 0 aliphatic carbocycles. The largest absolute Gasteiger partial charge is 0.368 e. The van der Waals surface area contributed by atoms with Gasteiger partial charge < -0.3 is 19.6 Å². The monoisotopic (exact) mass is 551 g/mol. The molecule has 224 valence electrons. The van der Waals surface area contributed by atoms with E-state index in [0.717, 1.165) is 62.9 Å². The van der Waals surface area contributed by atoms with Crippen LogP contribution < -0.4 is 15.7 Å². The molecule has 1 saturated heterocycles. The number of aryl methyl sites for hydroxylation is 4. The quantitative estimate of drug-likeness (QED) is 0.364. The lowest BCUT2D eigenvalue weighted by Crippen LogP contribution is -2.49. The molecule has 3 rings (SSSR count). The molecule has 0 radical (unpaired) electrons. The van der Waals surface area contributed by atoms with E-state index in [9.17, 15) is 4.79 Å². The Morgan fingerprint density at radius 3 is 2.38 bits per heavy atom. The van der Waals surface area contributed by atoms with Gasteiger partial charge in [0.05, 0.1) is 0 Å². The summed E-state index contributed by atoms with van der Waals surface area (Å²) in [7, 11) is 2.07. The minimum Gasteiger partial charge on any atom is -0.368 e. The van der Waals surface area contributed by atoms with Crippen molar-refractivity contribution in [1.29, 1.82) is 0 Å². The molecule has 6 heteroatoms. The van der Waals surface area contributed by atoms with Crippen molar-refractivity contribution in [3.8, 4) is 0 Å². The standard InChI is InChI=1S/C15H24N2.C14H23N3.C5H10O/c1-6-8-13(4)16-15-10-12(3)14(9-7-2)11-17(15)5;1-4-5-13-12(3)16-7-6-14(13)17-9-8-15-11(2)10-17;1-3-4-5(2)6/h8,10-11H,6-7,9H2,1-5H3;6-7,11,15H,4-5,8-10H2,1-3H3;3-4H2,1-2H3/b13-8+,16-15?;;. The Labute approximate surface area is 245 Å². The minimum absolute atomic E-state index is 0.289. The third-order valence-electron chi connectivity index (χ3n) is 6.93. The predicted molar refractivity (Wildman–Crippen MR) is 172 cm³/mol. The number of nitrogens with one attached hydrogen (secondary N) is 1. The zero-order valence-corrected chi connectivity index (χ0v) is 27.2. The van der Waals surface area contributed by atoms with Gasteiger partial charge in [-0.3, -0.25) is 4.98 Å². The van der Waals surface area contributed by atoms with E-state index in [1.807, 2.05) is 13.1 Å². The van der Waals surface area contributed by atoms with E-state index in [0.29, 0.717) is 6.04 Å². The summed E-state index contributed by atoms with van der Waals surface area (Å²) in [5.74, 6) is 0.289. The average molecular weight is 552 g/mol. The molecule has 3 heterocycles. The number of carbonyl (C=O) groups is 1. The summed E-state index contributed by atoms with van der Waals surface area (Å²) >= 11 is 0. The van der Waals surface area contributed by atoms with Crippen molar-refractivity contribution < 1.29 is 4.79 Å². The molecule has 0 aromatic carbocycles. The number of hydrogen-bond acceptors (Lipinski definition) is 5. The molecule has 1 unspecified atom stereocenters. The fourth-order valence-corrected chi connectivity index (χ4v) is 4.90. The second-order valence-corrected chi connectivity index (χ2v) is 11.0. The summed E-state index contributed by atoms with van der Waals surface area (Å²) in [6, 6.07) is 4.93. The lowest BCUT2D eigenvalue weighted by molar-refractivity contribution is -0.117. The van der Waals surface area contributed by atoms with Crippen LogP contribution in [0.25, 0.3) is 0 Å². The van der Waals surface area contributed by atoms with E-state index in [4.69, 9.17) is 0 Å². The number of Topliss-reactive ketones (excluding diaryl/α,β-unsaturated/α-hetero) is 1. The highest BCUT2D eigenvalue weighted by atomic mass is 16.1. The van der Waals surface area contributed by atoms with E-state index in [1.165, 1.54) is 40.9 Å². The summed E-state index contributed by atoms with van der Waals surface area (Å²) < 4.78 is 2.12. The normalized spacial score (nSPS) is 15.7. The van der Waals surface area contributed by atoms with Crippen LogP contribution in [0.15, 0.2) is 41.3 Å². The van der Waals surface area contributed by atoms with Crippen molar-refractivity contribution in [1.82, 2.24) is 14.9 Å². The first-order chi connectivity index (χ1) is 19.1. The highest BCUT2D eigenvalue weighted by Crippen LogP contribution is 2.24. The lowest BCUT2D eigenvalue weighted by Gasteiger charge is -2.35. The van der Waals surface area contributed by atoms with Crippen molar-refractivity contribution in [2.75, 3.05) is 24.5 Å². The maximum absolute atomic E-state index is 10.0. The maximum atomic E-state index is 10.0. The summed E-state index contributed by atoms with van der Waals surface area (Å²) in [5, 5.41) is 3.49.